The average molecular weight is 445 g/mol. The monoisotopic (exact) mass is 444 g/mol. The van der Waals surface area contributed by atoms with Gasteiger partial charge >= 0.3 is 0 Å². The third kappa shape index (κ3) is 4.05. The predicted molar refractivity (Wildman–Crippen MR) is 104 cm³/mol. The Bertz CT molecular complexity index is 1030. The number of hydrogen-bond acceptors (Lipinski definition) is 4. The first-order chi connectivity index (χ1) is 12.8. The van der Waals surface area contributed by atoms with Crippen LogP contribution in [0.2, 0.25) is 0 Å². The number of benzene rings is 3. The molecular weight excluding hydrogens is 432 g/mol. The van der Waals surface area contributed by atoms with Crippen LogP contribution in [0.3, 0.4) is 0 Å². The van der Waals surface area contributed by atoms with E-state index in [1.54, 1.807) is 60.7 Å². The molecule has 0 saturated carbocycles. The number of ketones is 2. The van der Waals surface area contributed by atoms with Crippen molar-refractivity contribution < 1.29 is 22.6 Å². The van der Waals surface area contributed by atoms with Crippen molar-refractivity contribution >= 4 is 37.6 Å². The summed E-state index contributed by atoms with van der Waals surface area (Å²) >= 11 is 3.14. The highest BCUT2D eigenvalue weighted by Gasteiger charge is 2.28. The smallest absolute Gasteiger partial charge is 0.289 e. The summed E-state index contributed by atoms with van der Waals surface area (Å²) in [5.41, 5.74) is 2.02. The van der Waals surface area contributed by atoms with Crippen molar-refractivity contribution in [3.63, 3.8) is 0 Å². The van der Waals surface area contributed by atoms with Crippen LogP contribution in [0.4, 0.5) is 0 Å². The number of rotatable bonds is 1. The van der Waals surface area contributed by atoms with Gasteiger partial charge in [-0.05, 0) is 24.3 Å². The van der Waals surface area contributed by atoms with E-state index in [4.69, 9.17) is 4.55 Å². The summed E-state index contributed by atoms with van der Waals surface area (Å²) in [6.07, 6.45) is 0. The first-order valence-corrected chi connectivity index (χ1v) is 10.0. The van der Waals surface area contributed by atoms with Gasteiger partial charge in [-0.1, -0.05) is 64.5 Å². The molecule has 0 unspecified atom stereocenters. The van der Waals surface area contributed by atoms with Crippen LogP contribution in [-0.2, 0) is 10.1 Å². The zero-order valence-electron chi connectivity index (χ0n) is 13.8. The van der Waals surface area contributed by atoms with Crippen molar-refractivity contribution in [1.82, 2.24) is 0 Å². The molecule has 0 radical (unpaired) electrons. The standard InChI is InChI=1S/C14H8O2.C6H5BrO3S/c15-13-9-5-1-2-6-10(9)14(16)12-8-4-3-7-11(12)13;7-5-1-3-6(4-2-5)11(8,9)10/h1-8H;1-4H,(H,8,9,10). The van der Waals surface area contributed by atoms with E-state index in [0.717, 1.165) is 4.47 Å². The van der Waals surface area contributed by atoms with E-state index in [1.165, 1.54) is 12.1 Å². The fourth-order valence-electron chi connectivity index (χ4n) is 2.65. The van der Waals surface area contributed by atoms with Gasteiger partial charge < -0.3 is 0 Å². The minimum atomic E-state index is -4.04. The molecule has 3 aromatic carbocycles. The lowest BCUT2D eigenvalue weighted by molar-refractivity contribution is 0.0979. The van der Waals surface area contributed by atoms with E-state index in [1.807, 2.05) is 0 Å². The third-order valence-corrected chi connectivity index (χ3v) is 5.34. The summed E-state index contributed by atoms with van der Waals surface area (Å²) in [6, 6.07) is 19.6. The molecule has 5 nitrogen and oxygen atoms in total. The lowest BCUT2D eigenvalue weighted by Gasteiger charge is -2.16. The zero-order chi connectivity index (χ0) is 19.6. The topological polar surface area (TPSA) is 88.5 Å². The summed E-state index contributed by atoms with van der Waals surface area (Å²) in [6.45, 7) is 0. The van der Waals surface area contributed by atoms with Crippen LogP contribution in [-0.4, -0.2) is 24.5 Å². The molecular formula is C20H13BrO5S. The Labute approximate surface area is 164 Å². The quantitative estimate of drug-likeness (QED) is 0.445. The lowest BCUT2D eigenvalue weighted by Crippen LogP contribution is -2.20. The Hall–Kier alpha value is -2.61. The molecule has 1 aliphatic rings. The van der Waals surface area contributed by atoms with Crippen molar-refractivity contribution in [1.29, 1.82) is 0 Å². The van der Waals surface area contributed by atoms with Crippen molar-refractivity contribution in [2.45, 2.75) is 4.90 Å². The van der Waals surface area contributed by atoms with Gasteiger partial charge in [-0.2, -0.15) is 8.42 Å². The molecule has 0 fully saturated rings. The molecule has 0 aliphatic heterocycles. The Morgan fingerprint density at radius 3 is 1.26 bits per heavy atom. The average Bonchev–Trinajstić information content (AvgIpc) is 2.66. The largest absolute Gasteiger partial charge is 0.294 e. The van der Waals surface area contributed by atoms with Crippen molar-refractivity contribution in [2.24, 2.45) is 0 Å². The Morgan fingerprint density at radius 1 is 0.630 bits per heavy atom. The summed E-state index contributed by atoms with van der Waals surface area (Å²) in [4.78, 5) is 24.1. The molecule has 7 heteroatoms. The first-order valence-electron chi connectivity index (χ1n) is 7.79. The Kier molecular flexibility index (Phi) is 5.36. The number of fused-ring (bicyclic) bond motifs is 2. The number of carbonyl (C=O) groups excluding carboxylic acids is 2. The van der Waals surface area contributed by atoms with E-state index in [2.05, 4.69) is 15.9 Å². The molecule has 3 aromatic rings. The molecule has 136 valence electrons. The molecule has 1 N–H and O–H groups in total. The second-order valence-corrected chi connectivity index (χ2v) is 8.02. The van der Waals surface area contributed by atoms with E-state index in [-0.39, 0.29) is 16.5 Å². The maximum atomic E-state index is 12.1. The number of halogens is 1. The molecule has 0 amide bonds. The molecule has 0 heterocycles. The van der Waals surface area contributed by atoms with Crippen LogP contribution >= 0.6 is 15.9 Å². The second-order valence-electron chi connectivity index (χ2n) is 5.68. The maximum Gasteiger partial charge on any atom is 0.294 e. The van der Waals surface area contributed by atoms with Crippen LogP contribution in [0.25, 0.3) is 0 Å². The van der Waals surface area contributed by atoms with Gasteiger partial charge in [0.15, 0.2) is 11.6 Å². The first kappa shape index (κ1) is 19.2. The highest BCUT2D eigenvalue weighted by molar-refractivity contribution is 9.10. The Balaban J connectivity index is 0.000000168. The molecule has 1 aliphatic carbocycles. The maximum absolute atomic E-state index is 12.1. The van der Waals surface area contributed by atoms with Gasteiger partial charge in [-0.3, -0.25) is 14.1 Å². The minimum absolute atomic E-state index is 0.0641. The van der Waals surface area contributed by atoms with Crippen LogP contribution in [0, 0.1) is 0 Å². The molecule has 0 aromatic heterocycles. The van der Waals surface area contributed by atoms with Crippen LogP contribution in [0.1, 0.15) is 31.8 Å². The third-order valence-electron chi connectivity index (χ3n) is 3.94. The molecule has 0 saturated heterocycles. The minimum Gasteiger partial charge on any atom is -0.289 e. The summed E-state index contributed by atoms with van der Waals surface area (Å²) in [7, 11) is -4.04. The predicted octanol–water partition coefficient (Wildman–Crippen LogP) is 4.16. The molecule has 0 spiro atoms. The van der Waals surface area contributed by atoms with Gasteiger partial charge in [0.05, 0.1) is 4.90 Å². The number of carbonyl (C=O) groups is 2. The fraction of sp³-hybridized carbons (Fsp3) is 0. The van der Waals surface area contributed by atoms with Crippen molar-refractivity contribution in [3.05, 3.63) is 99.5 Å². The Morgan fingerprint density at radius 2 is 0.963 bits per heavy atom. The highest BCUT2D eigenvalue weighted by atomic mass is 79.9. The van der Waals surface area contributed by atoms with E-state index >= 15 is 0 Å². The van der Waals surface area contributed by atoms with Crippen molar-refractivity contribution in [2.75, 3.05) is 0 Å². The van der Waals surface area contributed by atoms with Crippen LogP contribution in [0.15, 0.2) is 82.2 Å². The SMILES string of the molecule is O=C1c2ccccc2C(=O)c2ccccc21.O=S(=O)(O)c1ccc(Br)cc1. The lowest BCUT2D eigenvalue weighted by atomic mass is 9.84. The van der Waals surface area contributed by atoms with E-state index < -0.39 is 10.1 Å². The number of hydrogen-bond donors (Lipinski definition) is 1. The summed E-state index contributed by atoms with van der Waals surface area (Å²) < 4.78 is 30.3. The van der Waals surface area contributed by atoms with Gasteiger partial charge in [0.25, 0.3) is 10.1 Å². The molecule has 4 rings (SSSR count). The van der Waals surface area contributed by atoms with Crippen LogP contribution in [0.5, 0.6) is 0 Å². The molecule has 0 bridgehead atoms. The van der Waals surface area contributed by atoms with Crippen LogP contribution < -0.4 is 0 Å². The van der Waals surface area contributed by atoms with E-state index in [0.29, 0.717) is 22.3 Å². The van der Waals surface area contributed by atoms with Gasteiger partial charge in [-0.15, -0.1) is 0 Å². The van der Waals surface area contributed by atoms with Crippen molar-refractivity contribution in [3.8, 4) is 0 Å². The van der Waals surface area contributed by atoms with E-state index in [9.17, 15) is 18.0 Å². The van der Waals surface area contributed by atoms with Gasteiger partial charge in [0, 0.05) is 26.7 Å². The fourth-order valence-corrected chi connectivity index (χ4v) is 3.40. The van der Waals surface area contributed by atoms with Gasteiger partial charge in [0.1, 0.15) is 0 Å². The normalized spacial score (nSPS) is 12.5. The van der Waals surface area contributed by atoms with Gasteiger partial charge in [0.2, 0.25) is 0 Å². The molecule has 27 heavy (non-hydrogen) atoms. The summed E-state index contributed by atoms with van der Waals surface area (Å²) in [5.74, 6) is -0.128. The second kappa shape index (κ2) is 7.56. The summed E-state index contributed by atoms with van der Waals surface area (Å²) in [5, 5.41) is 0. The van der Waals surface area contributed by atoms with Gasteiger partial charge in [-0.25, -0.2) is 0 Å². The highest BCUT2D eigenvalue weighted by Crippen LogP contribution is 2.26. The molecule has 0 atom stereocenters. The zero-order valence-corrected chi connectivity index (χ0v) is 16.2.